The summed E-state index contributed by atoms with van der Waals surface area (Å²) in [6.45, 7) is 0.814. The van der Waals surface area contributed by atoms with Crippen LogP contribution in [0.3, 0.4) is 0 Å². The molecule has 2 aliphatic rings. The summed E-state index contributed by atoms with van der Waals surface area (Å²) < 4.78 is 0. The monoisotopic (exact) mass is 206 g/mol. The van der Waals surface area contributed by atoms with Crippen LogP contribution in [0.5, 0.6) is 0 Å². The van der Waals surface area contributed by atoms with E-state index in [1.54, 1.807) is 0 Å². The standard InChI is InChI=1S/C12H18N2O/c1-14-11(8-15)7-10-3-2-9(4-5-13)6-12(10)14/h2-3,6-7,10,12,15H,4-5,8,13H2,1H3. The minimum Gasteiger partial charge on any atom is -0.390 e. The van der Waals surface area contributed by atoms with Crippen LogP contribution in [0.1, 0.15) is 6.42 Å². The van der Waals surface area contributed by atoms with Crippen molar-refractivity contribution in [3.63, 3.8) is 0 Å². The maximum atomic E-state index is 9.18. The Hall–Kier alpha value is -1.06. The molecule has 0 amide bonds. The fraction of sp³-hybridized carbons (Fsp3) is 0.500. The number of nitrogens with zero attached hydrogens (tertiary/aromatic N) is 1. The Morgan fingerprint density at radius 2 is 2.27 bits per heavy atom. The van der Waals surface area contributed by atoms with E-state index in [1.165, 1.54) is 5.57 Å². The van der Waals surface area contributed by atoms with Gasteiger partial charge >= 0.3 is 0 Å². The molecule has 0 aromatic heterocycles. The number of allylic oxidation sites excluding steroid dienone is 1. The van der Waals surface area contributed by atoms with Crippen molar-refractivity contribution in [1.82, 2.24) is 4.90 Å². The molecule has 2 unspecified atom stereocenters. The lowest BCUT2D eigenvalue weighted by Gasteiger charge is -2.27. The van der Waals surface area contributed by atoms with Gasteiger partial charge in [0.25, 0.3) is 0 Å². The third kappa shape index (κ3) is 1.85. The van der Waals surface area contributed by atoms with Crippen molar-refractivity contribution in [2.75, 3.05) is 20.2 Å². The zero-order valence-corrected chi connectivity index (χ0v) is 9.06. The number of hydrogen-bond acceptors (Lipinski definition) is 3. The lowest BCUT2D eigenvalue weighted by molar-refractivity contribution is 0.264. The summed E-state index contributed by atoms with van der Waals surface area (Å²) in [5.74, 6) is 0.415. The Labute approximate surface area is 90.6 Å². The Morgan fingerprint density at radius 1 is 1.47 bits per heavy atom. The Kier molecular flexibility index (Phi) is 2.93. The molecule has 3 nitrogen and oxygen atoms in total. The van der Waals surface area contributed by atoms with Gasteiger partial charge in [-0.3, -0.25) is 0 Å². The highest BCUT2D eigenvalue weighted by molar-refractivity contribution is 5.35. The molecule has 0 fully saturated rings. The van der Waals surface area contributed by atoms with Gasteiger partial charge in [0.1, 0.15) is 0 Å². The number of aliphatic hydroxyl groups excluding tert-OH is 1. The number of hydrogen-bond donors (Lipinski definition) is 2. The van der Waals surface area contributed by atoms with Gasteiger partial charge in [0.05, 0.1) is 12.6 Å². The van der Waals surface area contributed by atoms with Gasteiger partial charge in [-0.1, -0.05) is 24.3 Å². The van der Waals surface area contributed by atoms with Gasteiger partial charge in [0.15, 0.2) is 0 Å². The highest BCUT2D eigenvalue weighted by Gasteiger charge is 2.30. The van der Waals surface area contributed by atoms with Crippen molar-refractivity contribution in [1.29, 1.82) is 0 Å². The highest BCUT2D eigenvalue weighted by Crippen LogP contribution is 2.31. The average molecular weight is 206 g/mol. The van der Waals surface area contributed by atoms with Gasteiger partial charge in [0.2, 0.25) is 0 Å². The van der Waals surface area contributed by atoms with Gasteiger partial charge in [-0.15, -0.1) is 0 Å². The lowest BCUT2D eigenvalue weighted by atomic mass is 9.92. The van der Waals surface area contributed by atoms with Crippen LogP contribution in [0.15, 0.2) is 35.6 Å². The molecule has 3 N–H and O–H groups in total. The molecule has 1 aliphatic heterocycles. The first-order chi connectivity index (χ1) is 7.26. The third-order valence-electron chi connectivity index (χ3n) is 3.19. The van der Waals surface area contributed by atoms with Crippen molar-refractivity contribution in [2.24, 2.45) is 11.7 Å². The molecule has 3 heteroatoms. The summed E-state index contributed by atoms with van der Waals surface area (Å²) in [4.78, 5) is 2.14. The van der Waals surface area contributed by atoms with Gasteiger partial charge in [-0.05, 0) is 18.5 Å². The van der Waals surface area contributed by atoms with Crippen LogP contribution >= 0.6 is 0 Å². The van der Waals surface area contributed by atoms with Crippen molar-refractivity contribution in [2.45, 2.75) is 12.5 Å². The van der Waals surface area contributed by atoms with E-state index in [2.05, 4.69) is 29.2 Å². The molecular weight excluding hydrogens is 188 g/mol. The van der Waals surface area contributed by atoms with Crippen LogP contribution in [-0.4, -0.2) is 36.2 Å². The summed E-state index contributed by atoms with van der Waals surface area (Å²) >= 11 is 0. The summed E-state index contributed by atoms with van der Waals surface area (Å²) in [6, 6.07) is 0.374. The zero-order chi connectivity index (χ0) is 10.8. The molecule has 15 heavy (non-hydrogen) atoms. The number of rotatable bonds is 3. The predicted octanol–water partition coefficient (Wildman–Crippen LogP) is 0.638. The van der Waals surface area contributed by atoms with Gasteiger partial charge in [0, 0.05) is 18.7 Å². The lowest BCUT2D eigenvalue weighted by Crippen LogP contribution is -2.30. The van der Waals surface area contributed by atoms with Crippen LogP contribution in [-0.2, 0) is 0 Å². The highest BCUT2D eigenvalue weighted by atomic mass is 16.3. The van der Waals surface area contributed by atoms with Crippen LogP contribution in [0.2, 0.25) is 0 Å². The molecule has 0 saturated heterocycles. The second-order valence-corrected chi connectivity index (χ2v) is 4.13. The van der Waals surface area contributed by atoms with Crippen molar-refractivity contribution >= 4 is 0 Å². The second kappa shape index (κ2) is 4.21. The van der Waals surface area contributed by atoms with Gasteiger partial charge < -0.3 is 15.7 Å². The van der Waals surface area contributed by atoms with Crippen molar-refractivity contribution in [3.05, 3.63) is 35.6 Å². The fourth-order valence-electron chi connectivity index (χ4n) is 2.29. The largest absolute Gasteiger partial charge is 0.390 e. The second-order valence-electron chi connectivity index (χ2n) is 4.13. The Bertz CT molecular complexity index is 331. The van der Waals surface area contributed by atoms with E-state index in [9.17, 15) is 5.11 Å². The minimum atomic E-state index is 0.122. The number of fused-ring (bicyclic) bond motifs is 1. The Balaban J connectivity index is 2.15. The summed E-state index contributed by atoms with van der Waals surface area (Å²) in [5, 5.41) is 9.18. The summed E-state index contributed by atoms with van der Waals surface area (Å²) in [7, 11) is 2.03. The number of nitrogens with two attached hydrogens (primary N) is 1. The van der Waals surface area contributed by atoms with E-state index < -0.39 is 0 Å². The maximum Gasteiger partial charge on any atom is 0.0826 e. The average Bonchev–Trinajstić information content (AvgIpc) is 2.56. The molecule has 0 aromatic carbocycles. The quantitative estimate of drug-likeness (QED) is 0.712. The molecule has 0 saturated carbocycles. The smallest absolute Gasteiger partial charge is 0.0826 e. The molecule has 1 aliphatic carbocycles. The van der Waals surface area contributed by atoms with Crippen molar-refractivity contribution < 1.29 is 5.11 Å². The number of likely N-dealkylation sites (N-methyl/N-ethyl adjacent to an activating group) is 1. The molecule has 2 atom stereocenters. The molecule has 2 rings (SSSR count). The maximum absolute atomic E-state index is 9.18. The molecule has 0 bridgehead atoms. The Morgan fingerprint density at radius 3 is 2.93 bits per heavy atom. The van der Waals surface area contributed by atoms with E-state index in [4.69, 9.17) is 5.73 Å². The molecular formula is C12H18N2O. The van der Waals surface area contributed by atoms with Gasteiger partial charge in [-0.25, -0.2) is 0 Å². The summed E-state index contributed by atoms with van der Waals surface area (Å²) in [5.41, 5.74) is 7.86. The van der Waals surface area contributed by atoms with E-state index >= 15 is 0 Å². The topological polar surface area (TPSA) is 49.5 Å². The molecule has 1 heterocycles. The SMILES string of the molecule is CN1C(CO)=CC2C=CC(CCN)=CC21. The first kappa shape index (κ1) is 10.5. The minimum absolute atomic E-state index is 0.122. The number of aliphatic hydroxyl groups is 1. The van der Waals surface area contributed by atoms with Crippen LogP contribution < -0.4 is 5.73 Å². The molecule has 82 valence electrons. The van der Waals surface area contributed by atoms with Crippen LogP contribution in [0, 0.1) is 5.92 Å². The first-order valence-corrected chi connectivity index (χ1v) is 5.39. The molecule has 0 radical (unpaired) electrons. The predicted molar refractivity (Wildman–Crippen MR) is 61.1 cm³/mol. The zero-order valence-electron chi connectivity index (χ0n) is 9.06. The van der Waals surface area contributed by atoms with Crippen LogP contribution in [0.4, 0.5) is 0 Å². The first-order valence-electron chi connectivity index (χ1n) is 5.39. The van der Waals surface area contributed by atoms with E-state index in [1.807, 2.05) is 7.05 Å². The summed E-state index contributed by atoms with van der Waals surface area (Å²) in [6.07, 6.45) is 9.68. The normalized spacial score (nSPS) is 28.9. The molecule has 0 aromatic rings. The van der Waals surface area contributed by atoms with Crippen molar-refractivity contribution in [3.8, 4) is 0 Å². The van der Waals surface area contributed by atoms with Crippen LogP contribution in [0.25, 0.3) is 0 Å². The third-order valence-corrected chi connectivity index (χ3v) is 3.19. The van der Waals surface area contributed by atoms with Gasteiger partial charge in [-0.2, -0.15) is 0 Å². The fourth-order valence-corrected chi connectivity index (χ4v) is 2.29. The van der Waals surface area contributed by atoms with E-state index in [0.29, 0.717) is 18.5 Å². The molecule has 0 spiro atoms. The van der Waals surface area contributed by atoms with E-state index in [-0.39, 0.29) is 6.61 Å². The van der Waals surface area contributed by atoms with E-state index in [0.717, 1.165) is 12.1 Å².